The smallest absolute Gasteiger partial charge is 0.216 e. The molecule has 1 aliphatic heterocycles. The molecule has 1 fully saturated rings. The Morgan fingerprint density at radius 2 is 1.31 bits per heavy atom. The van der Waals surface area contributed by atoms with Crippen LogP contribution in [0.25, 0.3) is 0 Å². The van der Waals surface area contributed by atoms with Crippen molar-refractivity contribution in [2.24, 2.45) is 0 Å². The Hall–Kier alpha value is -0.610. The van der Waals surface area contributed by atoms with Gasteiger partial charge in [0, 0.05) is 40.2 Å². The van der Waals surface area contributed by atoms with E-state index in [9.17, 15) is 4.79 Å². The molecular weight excluding hydrogens is 166 g/mol. The Balaban J connectivity index is 0.000000252. The molecule has 4 heteroatoms. The minimum absolute atomic E-state index is 0.00463. The maximum Gasteiger partial charge on any atom is 0.216 e. The maximum atomic E-state index is 9.70. The van der Waals surface area contributed by atoms with Crippen molar-refractivity contribution in [2.45, 2.75) is 6.92 Å². The first-order chi connectivity index (χ1) is 6.06. The van der Waals surface area contributed by atoms with Gasteiger partial charge in [0.1, 0.15) is 0 Å². The molecule has 0 unspecified atom stereocenters. The zero-order valence-electron chi connectivity index (χ0n) is 9.13. The molecule has 1 amide bonds. The quantitative estimate of drug-likeness (QED) is 0.561. The molecule has 1 aliphatic rings. The number of amides is 1. The molecule has 13 heavy (non-hydrogen) atoms. The van der Waals surface area contributed by atoms with E-state index < -0.39 is 0 Å². The SMILES string of the molecule is CN1CCN(C)CC1.CNC(C)=O. The molecule has 0 saturated carbocycles. The third-order valence-electron chi connectivity index (χ3n) is 2.08. The van der Waals surface area contributed by atoms with Gasteiger partial charge in [0.2, 0.25) is 5.91 Å². The minimum Gasteiger partial charge on any atom is -0.359 e. The first kappa shape index (κ1) is 12.4. The lowest BCUT2D eigenvalue weighted by Crippen LogP contribution is -2.42. The zero-order chi connectivity index (χ0) is 10.3. The van der Waals surface area contributed by atoms with Crippen LogP contribution in [-0.2, 0) is 4.79 Å². The Morgan fingerprint density at radius 1 is 1.08 bits per heavy atom. The van der Waals surface area contributed by atoms with Crippen LogP contribution in [0.3, 0.4) is 0 Å². The van der Waals surface area contributed by atoms with Crippen LogP contribution in [0.5, 0.6) is 0 Å². The lowest BCUT2D eigenvalue weighted by atomic mass is 10.4. The summed E-state index contributed by atoms with van der Waals surface area (Å²) in [6.07, 6.45) is 0. The molecular formula is C9H21N3O. The fourth-order valence-electron chi connectivity index (χ4n) is 0.906. The highest BCUT2D eigenvalue weighted by Crippen LogP contribution is 1.93. The molecule has 0 aromatic rings. The normalized spacial score (nSPS) is 18.8. The standard InChI is InChI=1S/C6H14N2.C3H7NO/c1-7-3-5-8(2)6-4-7;1-3(5)4-2/h3-6H2,1-2H3;1-2H3,(H,4,5). The molecule has 78 valence electrons. The van der Waals surface area contributed by atoms with Gasteiger partial charge >= 0.3 is 0 Å². The number of nitrogens with one attached hydrogen (secondary N) is 1. The highest BCUT2D eigenvalue weighted by atomic mass is 16.1. The fourth-order valence-corrected chi connectivity index (χ4v) is 0.906. The summed E-state index contributed by atoms with van der Waals surface area (Å²) >= 11 is 0. The van der Waals surface area contributed by atoms with E-state index in [1.807, 2.05) is 0 Å². The van der Waals surface area contributed by atoms with Crippen LogP contribution < -0.4 is 5.32 Å². The Labute approximate surface area is 80.9 Å². The highest BCUT2D eigenvalue weighted by molar-refractivity contribution is 5.72. The average molecular weight is 187 g/mol. The summed E-state index contributed by atoms with van der Waals surface area (Å²) < 4.78 is 0. The predicted octanol–water partition coefficient (Wildman–Crippen LogP) is -0.384. The largest absolute Gasteiger partial charge is 0.359 e. The molecule has 0 aromatic carbocycles. The lowest BCUT2D eigenvalue weighted by molar-refractivity contribution is -0.118. The number of carbonyl (C=O) groups is 1. The van der Waals surface area contributed by atoms with E-state index in [0.29, 0.717) is 0 Å². The van der Waals surface area contributed by atoms with Gasteiger partial charge in [-0.15, -0.1) is 0 Å². The van der Waals surface area contributed by atoms with Crippen molar-refractivity contribution in [3.05, 3.63) is 0 Å². The van der Waals surface area contributed by atoms with E-state index in [0.717, 1.165) is 0 Å². The van der Waals surface area contributed by atoms with Crippen LogP contribution in [0.1, 0.15) is 6.92 Å². The molecule has 0 radical (unpaired) electrons. The summed E-state index contributed by atoms with van der Waals surface area (Å²) in [4.78, 5) is 14.4. The molecule has 1 saturated heterocycles. The summed E-state index contributed by atoms with van der Waals surface area (Å²) in [5.74, 6) is 0.00463. The van der Waals surface area contributed by atoms with Crippen LogP contribution in [0.4, 0.5) is 0 Å². The Morgan fingerprint density at radius 3 is 1.46 bits per heavy atom. The van der Waals surface area contributed by atoms with Crippen molar-refractivity contribution < 1.29 is 4.79 Å². The monoisotopic (exact) mass is 187 g/mol. The second-order valence-electron chi connectivity index (χ2n) is 3.41. The molecule has 0 atom stereocenters. The van der Waals surface area contributed by atoms with Crippen LogP contribution in [0.15, 0.2) is 0 Å². The Bertz CT molecular complexity index is 132. The van der Waals surface area contributed by atoms with E-state index >= 15 is 0 Å². The fraction of sp³-hybridized carbons (Fsp3) is 0.889. The van der Waals surface area contributed by atoms with Crippen LogP contribution >= 0.6 is 0 Å². The molecule has 0 aliphatic carbocycles. The van der Waals surface area contributed by atoms with Gasteiger partial charge in [-0.3, -0.25) is 4.79 Å². The van der Waals surface area contributed by atoms with E-state index in [2.05, 4.69) is 29.2 Å². The van der Waals surface area contributed by atoms with Gasteiger partial charge in [0.05, 0.1) is 0 Å². The van der Waals surface area contributed by atoms with E-state index in [1.54, 1.807) is 7.05 Å². The summed E-state index contributed by atoms with van der Waals surface area (Å²) in [6, 6.07) is 0. The van der Waals surface area contributed by atoms with E-state index in [4.69, 9.17) is 0 Å². The molecule has 1 heterocycles. The number of carbonyl (C=O) groups excluding carboxylic acids is 1. The predicted molar refractivity (Wildman–Crippen MR) is 54.7 cm³/mol. The Kier molecular flexibility index (Phi) is 6.54. The minimum atomic E-state index is 0.00463. The molecule has 0 bridgehead atoms. The van der Waals surface area contributed by atoms with Crippen LogP contribution in [0.2, 0.25) is 0 Å². The second kappa shape index (κ2) is 6.86. The summed E-state index contributed by atoms with van der Waals surface area (Å²) in [6.45, 7) is 6.40. The molecule has 0 spiro atoms. The zero-order valence-corrected chi connectivity index (χ0v) is 9.13. The van der Waals surface area contributed by atoms with Crippen LogP contribution in [0, 0.1) is 0 Å². The van der Waals surface area contributed by atoms with Gasteiger partial charge in [-0.25, -0.2) is 0 Å². The third kappa shape index (κ3) is 7.74. The third-order valence-corrected chi connectivity index (χ3v) is 2.08. The summed E-state index contributed by atoms with van der Waals surface area (Å²) in [5, 5.41) is 2.39. The van der Waals surface area contributed by atoms with Gasteiger partial charge in [0.25, 0.3) is 0 Å². The molecule has 1 N–H and O–H groups in total. The van der Waals surface area contributed by atoms with Gasteiger partial charge in [-0.05, 0) is 14.1 Å². The van der Waals surface area contributed by atoms with Gasteiger partial charge in [-0.2, -0.15) is 0 Å². The second-order valence-corrected chi connectivity index (χ2v) is 3.41. The number of hydrogen-bond donors (Lipinski definition) is 1. The van der Waals surface area contributed by atoms with Crippen molar-refractivity contribution in [3.63, 3.8) is 0 Å². The first-order valence-corrected chi connectivity index (χ1v) is 4.61. The highest BCUT2D eigenvalue weighted by Gasteiger charge is 2.07. The average Bonchev–Trinajstić information content (AvgIpc) is 2.11. The molecule has 1 rings (SSSR count). The number of rotatable bonds is 0. The topological polar surface area (TPSA) is 35.6 Å². The van der Waals surface area contributed by atoms with Gasteiger partial charge in [-0.1, -0.05) is 0 Å². The summed E-state index contributed by atoms with van der Waals surface area (Å²) in [7, 11) is 5.95. The molecule has 0 aromatic heterocycles. The number of nitrogens with zero attached hydrogens (tertiary/aromatic N) is 2. The molecule has 4 nitrogen and oxygen atoms in total. The van der Waals surface area contributed by atoms with Crippen molar-refractivity contribution in [2.75, 3.05) is 47.3 Å². The first-order valence-electron chi connectivity index (χ1n) is 4.61. The van der Waals surface area contributed by atoms with E-state index in [1.165, 1.54) is 33.1 Å². The van der Waals surface area contributed by atoms with Crippen molar-refractivity contribution >= 4 is 5.91 Å². The van der Waals surface area contributed by atoms with Gasteiger partial charge < -0.3 is 15.1 Å². The van der Waals surface area contributed by atoms with E-state index in [-0.39, 0.29) is 5.91 Å². The van der Waals surface area contributed by atoms with Gasteiger partial charge in [0.15, 0.2) is 0 Å². The number of likely N-dealkylation sites (N-methyl/N-ethyl adjacent to an activating group) is 2. The van der Waals surface area contributed by atoms with Crippen molar-refractivity contribution in [3.8, 4) is 0 Å². The van der Waals surface area contributed by atoms with Crippen molar-refractivity contribution in [1.82, 2.24) is 15.1 Å². The summed E-state index contributed by atoms with van der Waals surface area (Å²) in [5.41, 5.74) is 0. The van der Waals surface area contributed by atoms with Crippen LogP contribution in [-0.4, -0.2) is 63.0 Å². The number of piperazine rings is 1. The lowest BCUT2D eigenvalue weighted by Gasteiger charge is -2.28. The number of hydrogen-bond acceptors (Lipinski definition) is 3. The maximum absolute atomic E-state index is 9.70. The van der Waals surface area contributed by atoms with Crippen molar-refractivity contribution in [1.29, 1.82) is 0 Å².